The van der Waals surface area contributed by atoms with Crippen molar-refractivity contribution in [3.05, 3.63) is 65.0 Å². The van der Waals surface area contributed by atoms with E-state index in [0.717, 1.165) is 11.3 Å². The quantitative estimate of drug-likeness (QED) is 0.586. The summed E-state index contributed by atoms with van der Waals surface area (Å²) in [6, 6.07) is 12.5. The van der Waals surface area contributed by atoms with Crippen molar-refractivity contribution in [3.63, 3.8) is 0 Å². The van der Waals surface area contributed by atoms with Gasteiger partial charge in [-0.15, -0.1) is 10.2 Å². The van der Waals surface area contributed by atoms with Gasteiger partial charge in [-0.2, -0.15) is 0 Å². The lowest BCUT2D eigenvalue weighted by molar-refractivity contribution is 0.628. The molecule has 0 amide bonds. The third-order valence-electron chi connectivity index (χ3n) is 3.42. The first kappa shape index (κ1) is 15.6. The van der Waals surface area contributed by atoms with Gasteiger partial charge in [0.1, 0.15) is 5.82 Å². The molecule has 0 bridgehead atoms. The van der Waals surface area contributed by atoms with Gasteiger partial charge < -0.3 is 5.84 Å². The van der Waals surface area contributed by atoms with E-state index in [-0.39, 0.29) is 5.82 Å². The number of aromatic nitrogens is 3. The number of aryl methyl sites for hydroxylation is 2. The van der Waals surface area contributed by atoms with Crippen LogP contribution in [0.2, 0.25) is 0 Å². The van der Waals surface area contributed by atoms with Gasteiger partial charge in [0.25, 0.3) is 0 Å². The zero-order chi connectivity index (χ0) is 16.4. The molecular weight excluding hydrogens is 311 g/mol. The first-order chi connectivity index (χ1) is 11.0. The zero-order valence-corrected chi connectivity index (χ0v) is 13.8. The van der Waals surface area contributed by atoms with Crippen LogP contribution in [0, 0.1) is 19.7 Å². The van der Waals surface area contributed by atoms with Crippen LogP contribution in [0.4, 0.5) is 4.39 Å². The van der Waals surface area contributed by atoms with E-state index in [1.807, 2.05) is 0 Å². The summed E-state index contributed by atoms with van der Waals surface area (Å²) in [7, 11) is 0. The lowest BCUT2D eigenvalue weighted by Gasteiger charge is -2.06. The molecule has 0 aliphatic heterocycles. The maximum absolute atomic E-state index is 13.0. The van der Waals surface area contributed by atoms with Crippen molar-refractivity contribution in [2.24, 2.45) is 0 Å². The van der Waals surface area contributed by atoms with Crippen molar-refractivity contribution in [3.8, 4) is 11.4 Å². The van der Waals surface area contributed by atoms with E-state index in [1.54, 1.807) is 12.1 Å². The second-order valence-electron chi connectivity index (χ2n) is 5.47. The van der Waals surface area contributed by atoms with E-state index in [2.05, 4.69) is 42.2 Å². The fourth-order valence-corrected chi connectivity index (χ4v) is 3.26. The molecule has 0 radical (unpaired) electrons. The van der Waals surface area contributed by atoms with Gasteiger partial charge >= 0.3 is 0 Å². The Morgan fingerprint density at radius 3 is 2.35 bits per heavy atom. The standard InChI is InChI=1S/C17H17FN4S/c1-11-7-12(2)9-13(8-11)10-23-17-21-20-16(22(17)19)14-3-5-15(18)6-4-14/h3-9H,10,19H2,1-2H3. The Kier molecular flexibility index (Phi) is 4.34. The molecule has 2 N–H and O–H groups in total. The number of halogens is 1. The van der Waals surface area contributed by atoms with Crippen LogP contribution in [0.5, 0.6) is 0 Å². The minimum absolute atomic E-state index is 0.291. The van der Waals surface area contributed by atoms with Crippen molar-refractivity contribution in [2.75, 3.05) is 5.84 Å². The molecule has 0 fully saturated rings. The molecule has 3 rings (SSSR count). The number of nitrogen functional groups attached to an aromatic ring is 1. The third-order valence-corrected chi connectivity index (χ3v) is 4.43. The molecule has 23 heavy (non-hydrogen) atoms. The van der Waals surface area contributed by atoms with Crippen LogP contribution in [0.3, 0.4) is 0 Å². The van der Waals surface area contributed by atoms with Crippen LogP contribution in [-0.2, 0) is 5.75 Å². The second-order valence-corrected chi connectivity index (χ2v) is 6.41. The monoisotopic (exact) mass is 328 g/mol. The number of hydrogen-bond acceptors (Lipinski definition) is 4. The van der Waals surface area contributed by atoms with Gasteiger partial charge in [-0.3, -0.25) is 0 Å². The van der Waals surface area contributed by atoms with E-state index in [9.17, 15) is 4.39 Å². The number of rotatable bonds is 4. The Balaban J connectivity index is 1.78. The summed E-state index contributed by atoms with van der Waals surface area (Å²) in [5.41, 5.74) is 4.43. The van der Waals surface area contributed by atoms with Gasteiger partial charge in [0.05, 0.1) is 0 Å². The molecule has 1 heterocycles. The van der Waals surface area contributed by atoms with Gasteiger partial charge in [-0.25, -0.2) is 9.07 Å². The highest BCUT2D eigenvalue weighted by Gasteiger charge is 2.12. The van der Waals surface area contributed by atoms with Crippen molar-refractivity contribution in [1.29, 1.82) is 0 Å². The van der Waals surface area contributed by atoms with Crippen molar-refractivity contribution < 1.29 is 4.39 Å². The lowest BCUT2D eigenvalue weighted by atomic mass is 10.1. The molecule has 6 heteroatoms. The third kappa shape index (κ3) is 3.53. The number of hydrogen-bond donors (Lipinski definition) is 1. The van der Waals surface area contributed by atoms with E-state index in [1.165, 1.54) is 45.3 Å². The SMILES string of the molecule is Cc1cc(C)cc(CSc2nnc(-c3ccc(F)cc3)n2N)c1. The van der Waals surface area contributed by atoms with Crippen LogP contribution in [0.1, 0.15) is 16.7 Å². The Labute approximate surface area is 138 Å². The highest BCUT2D eigenvalue weighted by atomic mass is 32.2. The fourth-order valence-electron chi connectivity index (χ4n) is 2.47. The van der Waals surface area contributed by atoms with Crippen molar-refractivity contribution >= 4 is 11.8 Å². The van der Waals surface area contributed by atoms with Crippen LogP contribution in [0.15, 0.2) is 47.6 Å². The average molecular weight is 328 g/mol. The molecule has 0 aliphatic rings. The van der Waals surface area contributed by atoms with Gasteiger partial charge in [0, 0.05) is 11.3 Å². The van der Waals surface area contributed by atoms with Gasteiger partial charge in [0.15, 0.2) is 5.82 Å². The van der Waals surface area contributed by atoms with Crippen LogP contribution in [0.25, 0.3) is 11.4 Å². The summed E-state index contributed by atoms with van der Waals surface area (Å²) in [4.78, 5) is 0. The van der Waals surface area contributed by atoms with Crippen LogP contribution < -0.4 is 5.84 Å². The Morgan fingerprint density at radius 2 is 1.70 bits per heavy atom. The highest BCUT2D eigenvalue weighted by Crippen LogP contribution is 2.25. The molecule has 3 aromatic rings. The summed E-state index contributed by atoms with van der Waals surface area (Å²) in [5, 5.41) is 8.87. The fraction of sp³-hybridized carbons (Fsp3) is 0.176. The molecule has 0 spiro atoms. The van der Waals surface area contributed by atoms with Crippen LogP contribution >= 0.6 is 11.8 Å². The largest absolute Gasteiger partial charge is 0.335 e. The molecule has 0 atom stereocenters. The number of benzene rings is 2. The van der Waals surface area contributed by atoms with E-state index in [0.29, 0.717) is 11.0 Å². The normalized spacial score (nSPS) is 10.9. The highest BCUT2D eigenvalue weighted by molar-refractivity contribution is 7.98. The Bertz CT molecular complexity index is 807. The minimum Gasteiger partial charge on any atom is -0.335 e. The summed E-state index contributed by atoms with van der Waals surface area (Å²) in [5.74, 6) is 7.07. The molecule has 0 saturated carbocycles. The summed E-state index contributed by atoms with van der Waals surface area (Å²) in [6.07, 6.45) is 0. The molecular formula is C17H17FN4S. The number of nitrogens with zero attached hydrogens (tertiary/aromatic N) is 3. The second kappa shape index (κ2) is 6.42. The minimum atomic E-state index is -0.291. The predicted octanol–water partition coefficient (Wildman–Crippen LogP) is 3.71. The van der Waals surface area contributed by atoms with Gasteiger partial charge in [0.2, 0.25) is 5.16 Å². The molecule has 4 nitrogen and oxygen atoms in total. The maximum atomic E-state index is 13.0. The topological polar surface area (TPSA) is 56.7 Å². The molecule has 0 unspecified atom stereocenters. The Morgan fingerprint density at radius 1 is 1.04 bits per heavy atom. The molecule has 0 aliphatic carbocycles. The predicted molar refractivity (Wildman–Crippen MR) is 91.0 cm³/mol. The van der Waals surface area contributed by atoms with Crippen LogP contribution in [-0.4, -0.2) is 14.9 Å². The molecule has 118 valence electrons. The van der Waals surface area contributed by atoms with Crippen molar-refractivity contribution in [2.45, 2.75) is 24.8 Å². The number of nitrogens with two attached hydrogens (primary N) is 1. The first-order valence-corrected chi connectivity index (χ1v) is 8.18. The molecule has 2 aromatic carbocycles. The summed E-state index contributed by atoms with van der Waals surface area (Å²) >= 11 is 1.53. The van der Waals surface area contributed by atoms with E-state index >= 15 is 0 Å². The molecule has 1 aromatic heterocycles. The Hall–Kier alpha value is -2.34. The summed E-state index contributed by atoms with van der Waals surface area (Å²) < 4.78 is 14.4. The van der Waals surface area contributed by atoms with Crippen molar-refractivity contribution in [1.82, 2.24) is 14.9 Å². The van der Waals surface area contributed by atoms with E-state index < -0.39 is 0 Å². The molecule has 0 saturated heterocycles. The first-order valence-electron chi connectivity index (χ1n) is 7.19. The zero-order valence-electron chi connectivity index (χ0n) is 13.0. The maximum Gasteiger partial charge on any atom is 0.210 e. The number of thioether (sulfide) groups is 1. The average Bonchev–Trinajstić information content (AvgIpc) is 2.86. The van der Waals surface area contributed by atoms with Gasteiger partial charge in [-0.1, -0.05) is 41.1 Å². The lowest BCUT2D eigenvalue weighted by Crippen LogP contribution is -2.11. The summed E-state index contributed by atoms with van der Waals surface area (Å²) in [6.45, 7) is 4.17. The smallest absolute Gasteiger partial charge is 0.210 e. The van der Waals surface area contributed by atoms with E-state index in [4.69, 9.17) is 5.84 Å². The van der Waals surface area contributed by atoms with Gasteiger partial charge in [-0.05, 0) is 43.7 Å².